The van der Waals surface area contributed by atoms with Crippen molar-refractivity contribution in [2.45, 2.75) is 24.2 Å². The van der Waals surface area contributed by atoms with Crippen LogP contribution in [0.2, 0.25) is 0 Å². The van der Waals surface area contributed by atoms with E-state index in [1.54, 1.807) is 18.9 Å². The Bertz CT molecular complexity index is 557. The molecule has 0 fully saturated rings. The molecule has 20 heavy (non-hydrogen) atoms. The Morgan fingerprint density at radius 3 is 2.95 bits per heavy atom. The van der Waals surface area contributed by atoms with Gasteiger partial charge in [0, 0.05) is 29.5 Å². The van der Waals surface area contributed by atoms with Crippen LogP contribution < -0.4 is 10.5 Å². The van der Waals surface area contributed by atoms with Gasteiger partial charge < -0.3 is 19.7 Å². The predicted octanol–water partition coefficient (Wildman–Crippen LogP) is 3.09. The van der Waals surface area contributed by atoms with Gasteiger partial charge in [0.25, 0.3) is 0 Å². The topological polar surface area (TPSA) is 70.5 Å². The molecule has 0 radical (unpaired) electrons. The lowest BCUT2D eigenvalue weighted by atomic mass is 10.3. The van der Waals surface area contributed by atoms with E-state index in [0.717, 1.165) is 27.8 Å². The summed E-state index contributed by atoms with van der Waals surface area (Å²) in [6.45, 7) is 3.02. The lowest BCUT2D eigenvalue weighted by Gasteiger charge is -2.08. The molecule has 2 aromatic rings. The van der Waals surface area contributed by atoms with Crippen LogP contribution in [0.3, 0.4) is 0 Å². The first-order valence-electron chi connectivity index (χ1n) is 6.31. The van der Waals surface area contributed by atoms with E-state index in [-0.39, 0.29) is 0 Å². The van der Waals surface area contributed by atoms with Crippen molar-refractivity contribution in [3.05, 3.63) is 35.7 Å². The van der Waals surface area contributed by atoms with Gasteiger partial charge in [0.05, 0.1) is 12.3 Å². The first-order chi connectivity index (χ1) is 9.72. The van der Waals surface area contributed by atoms with Crippen LogP contribution in [0.4, 0.5) is 5.69 Å². The van der Waals surface area contributed by atoms with Crippen LogP contribution in [0.25, 0.3) is 0 Å². The van der Waals surface area contributed by atoms with E-state index in [4.69, 9.17) is 19.7 Å². The molecule has 2 N–H and O–H groups in total. The number of nitrogens with zero attached hydrogens (tertiary/aromatic N) is 1. The maximum absolute atomic E-state index is 5.96. The lowest BCUT2D eigenvalue weighted by molar-refractivity contribution is 0.156. The summed E-state index contributed by atoms with van der Waals surface area (Å²) in [5, 5.41) is 3.99. The van der Waals surface area contributed by atoms with E-state index in [1.807, 2.05) is 31.2 Å². The Morgan fingerprint density at radius 1 is 1.35 bits per heavy atom. The number of nitrogens with two attached hydrogens (primary N) is 1. The summed E-state index contributed by atoms with van der Waals surface area (Å²) in [5.74, 6) is 2.23. The monoisotopic (exact) mass is 294 g/mol. The molecule has 0 saturated heterocycles. The summed E-state index contributed by atoms with van der Waals surface area (Å²) < 4.78 is 15.6. The van der Waals surface area contributed by atoms with Crippen LogP contribution >= 0.6 is 11.8 Å². The summed E-state index contributed by atoms with van der Waals surface area (Å²) in [5.41, 5.74) is 7.56. The first kappa shape index (κ1) is 14.7. The zero-order chi connectivity index (χ0) is 14.4. The van der Waals surface area contributed by atoms with Crippen molar-refractivity contribution >= 4 is 17.4 Å². The van der Waals surface area contributed by atoms with Gasteiger partial charge in [-0.2, -0.15) is 0 Å². The van der Waals surface area contributed by atoms with Gasteiger partial charge in [-0.05, 0) is 25.1 Å². The Morgan fingerprint density at radius 2 is 2.20 bits per heavy atom. The maximum atomic E-state index is 5.96. The third kappa shape index (κ3) is 3.91. The van der Waals surface area contributed by atoms with Crippen molar-refractivity contribution in [2.24, 2.45) is 0 Å². The fourth-order valence-electron chi connectivity index (χ4n) is 1.68. The second kappa shape index (κ2) is 7.21. The largest absolute Gasteiger partial charge is 0.494 e. The number of anilines is 1. The quantitative estimate of drug-likeness (QED) is 0.625. The molecule has 0 unspecified atom stereocenters. The molecule has 1 heterocycles. The summed E-state index contributed by atoms with van der Waals surface area (Å²) in [6.07, 6.45) is 0. The van der Waals surface area contributed by atoms with Crippen molar-refractivity contribution in [1.82, 2.24) is 5.16 Å². The number of benzene rings is 1. The number of methoxy groups -OCH3 is 1. The van der Waals surface area contributed by atoms with Crippen LogP contribution in [0.5, 0.6) is 5.75 Å². The summed E-state index contributed by atoms with van der Waals surface area (Å²) in [7, 11) is 1.62. The number of thioether (sulfide) groups is 1. The Hall–Kier alpha value is -1.66. The molecule has 1 aromatic heterocycles. The van der Waals surface area contributed by atoms with E-state index in [0.29, 0.717) is 19.0 Å². The average Bonchev–Trinajstić information content (AvgIpc) is 2.88. The van der Waals surface area contributed by atoms with Gasteiger partial charge in [-0.25, -0.2) is 0 Å². The van der Waals surface area contributed by atoms with Crippen molar-refractivity contribution in [2.75, 3.05) is 19.5 Å². The second-order valence-electron chi connectivity index (χ2n) is 4.14. The highest BCUT2D eigenvalue weighted by Gasteiger charge is 2.07. The molecular weight excluding hydrogens is 276 g/mol. The fraction of sp³-hybridized carbons (Fsp3) is 0.357. The van der Waals surface area contributed by atoms with Gasteiger partial charge in [-0.3, -0.25) is 0 Å². The molecule has 0 aliphatic heterocycles. The Kier molecular flexibility index (Phi) is 5.31. The normalized spacial score (nSPS) is 10.7. The minimum atomic E-state index is 0.430. The molecule has 0 bridgehead atoms. The fourth-order valence-corrected chi connectivity index (χ4v) is 2.56. The van der Waals surface area contributed by atoms with Crippen LogP contribution in [-0.2, 0) is 17.1 Å². The molecule has 2 rings (SSSR count). The first-order valence-corrected chi connectivity index (χ1v) is 7.30. The molecule has 108 valence electrons. The minimum Gasteiger partial charge on any atom is -0.494 e. The number of nitrogen functional groups attached to an aromatic ring is 1. The van der Waals surface area contributed by atoms with Crippen molar-refractivity contribution < 1.29 is 14.0 Å². The van der Waals surface area contributed by atoms with Gasteiger partial charge in [-0.1, -0.05) is 5.16 Å². The third-order valence-electron chi connectivity index (χ3n) is 2.57. The molecule has 0 atom stereocenters. The standard InChI is InChI=1S/C14H18N2O3S/c1-3-18-11-4-5-13(15)14(7-11)20-9-10-6-12(8-17-2)19-16-10/h4-7H,3,8-9,15H2,1-2H3. The van der Waals surface area contributed by atoms with E-state index in [1.165, 1.54) is 0 Å². The number of hydrogen-bond acceptors (Lipinski definition) is 6. The van der Waals surface area contributed by atoms with E-state index in [9.17, 15) is 0 Å². The highest BCUT2D eigenvalue weighted by Crippen LogP contribution is 2.31. The number of aromatic nitrogens is 1. The highest BCUT2D eigenvalue weighted by atomic mass is 32.2. The lowest BCUT2D eigenvalue weighted by Crippen LogP contribution is -1.94. The number of hydrogen-bond donors (Lipinski definition) is 1. The third-order valence-corrected chi connectivity index (χ3v) is 3.67. The van der Waals surface area contributed by atoms with E-state index < -0.39 is 0 Å². The van der Waals surface area contributed by atoms with Gasteiger partial charge in [0.2, 0.25) is 0 Å². The Balaban J connectivity index is 2.00. The van der Waals surface area contributed by atoms with Gasteiger partial charge >= 0.3 is 0 Å². The van der Waals surface area contributed by atoms with E-state index >= 15 is 0 Å². The number of ether oxygens (including phenoxy) is 2. The van der Waals surface area contributed by atoms with Gasteiger partial charge in [0.15, 0.2) is 5.76 Å². The SMILES string of the molecule is CCOc1ccc(N)c(SCc2cc(COC)on2)c1. The molecule has 0 amide bonds. The van der Waals surface area contributed by atoms with Crippen LogP contribution in [-0.4, -0.2) is 18.9 Å². The van der Waals surface area contributed by atoms with Crippen LogP contribution in [0.1, 0.15) is 18.4 Å². The summed E-state index contributed by atoms with van der Waals surface area (Å²) in [4.78, 5) is 0.979. The van der Waals surface area contributed by atoms with Crippen molar-refractivity contribution in [1.29, 1.82) is 0 Å². The average molecular weight is 294 g/mol. The molecule has 0 saturated carbocycles. The Labute approximate surface area is 122 Å². The molecule has 0 aliphatic carbocycles. The van der Waals surface area contributed by atoms with Crippen LogP contribution in [0, 0.1) is 0 Å². The predicted molar refractivity (Wildman–Crippen MR) is 78.8 cm³/mol. The van der Waals surface area contributed by atoms with Crippen molar-refractivity contribution in [3.8, 4) is 5.75 Å². The molecular formula is C14H18N2O3S. The van der Waals surface area contributed by atoms with E-state index in [2.05, 4.69) is 5.16 Å². The highest BCUT2D eigenvalue weighted by molar-refractivity contribution is 7.98. The summed E-state index contributed by atoms with van der Waals surface area (Å²) >= 11 is 1.60. The zero-order valence-electron chi connectivity index (χ0n) is 11.6. The molecule has 6 heteroatoms. The van der Waals surface area contributed by atoms with Gasteiger partial charge in [-0.15, -0.1) is 11.8 Å². The van der Waals surface area contributed by atoms with Crippen LogP contribution in [0.15, 0.2) is 33.7 Å². The minimum absolute atomic E-state index is 0.430. The maximum Gasteiger partial charge on any atom is 0.162 e. The number of rotatable bonds is 7. The molecule has 1 aromatic carbocycles. The smallest absolute Gasteiger partial charge is 0.162 e. The zero-order valence-corrected chi connectivity index (χ0v) is 12.4. The molecule has 0 spiro atoms. The molecule has 5 nitrogen and oxygen atoms in total. The van der Waals surface area contributed by atoms with Gasteiger partial charge in [0.1, 0.15) is 12.4 Å². The summed E-state index contributed by atoms with van der Waals surface area (Å²) in [6, 6.07) is 7.56. The second-order valence-corrected chi connectivity index (χ2v) is 5.16. The van der Waals surface area contributed by atoms with Crippen molar-refractivity contribution in [3.63, 3.8) is 0 Å². The molecule has 0 aliphatic rings.